The van der Waals surface area contributed by atoms with Gasteiger partial charge in [-0.15, -0.1) is 0 Å². The average Bonchev–Trinajstić information content (AvgIpc) is 3.26. The Labute approximate surface area is 378 Å². The summed E-state index contributed by atoms with van der Waals surface area (Å²) < 4.78 is 16.8. The number of hydrogen-bond acceptors (Lipinski definition) is 6. The van der Waals surface area contributed by atoms with Gasteiger partial charge in [0.2, 0.25) is 0 Å². The van der Waals surface area contributed by atoms with Crippen LogP contribution in [0, 0.1) is 0 Å². The van der Waals surface area contributed by atoms with E-state index in [4.69, 9.17) is 14.2 Å². The van der Waals surface area contributed by atoms with Crippen LogP contribution >= 0.6 is 0 Å². The maximum absolute atomic E-state index is 12.8. The van der Waals surface area contributed by atoms with Crippen LogP contribution in [0.25, 0.3) is 0 Å². The molecule has 0 aliphatic carbocycles. The molecule has 1 atom stereocenters. The minimum Gasteiger partial charge on any atom is -0.462 e. The molecule has 0 heterocycles. The summed E-state index contributed by atoms with van der Waals surface area (Å²) >= 11 is 0. The SMILES string of the molecule is CCCCC/C=C\C/C=C\CCCCCCCCCC(=O)OC(COC(=O)CCCCCCCCCC)COC(=O)CCCCCCCCC/C=C\CCCCCCCCC. The zero-order valence-electron chi connectivity index (χ0n) is 40.7. The van der Waals surface area contributed by atoms with E-state index in [-0.39, 0.29) is 31.1 Å². The highest BCUT2D eigenvalue weighted by atomic mass is 16.6. The predicted octanol–water partition coefficient (Wildman–Crippen LogP) is 17.3. The normalized spacial score (nSPS) is 12.2. The van der Waals surface area contributed by atoms with E-state index < -0.39 is 6.10 Å². The quantitative estimate of drug-likeness (QED) is 0.0262. The van der Waals surface area contributed by atoms with Crippen molar-refractivity contribution in [3.8, 4) is 0 Å². The number of carbonyl (C=O) groups is 3. The van der Waals surface area contributed by atoms with Gasteiger partial charge in [-0.3, -0.25) is 14.4 Å². The van der Waals surface area contributed by atoms with E-state index in [9.17, 15) is 14.4 Å². The Morgan fingerprint density at radius 1 is 0.328 bits per heavy atom. The van der Waals surface area contributed by atoms with Gasteiger partial charge in [0.05, 0.1) is 0 Å². The van der Waals surface area contributed by atoms with Crippen LogP contribution in [0.1, 0.15) is 278 Å². The molecule has 0 rings (SSSR count). The molecule has 0 aliphatic rings. The first-order valence-electron chi connectivity index (χ1n) is 26.5. The van der Waals surface area contributed by atoms with Gasteiger partial charge in [-0.2, -0.15) is 0 Å². The van der Waals surface area contributed by atoms with Crippen molar-refractivity contribution < 1.29 is 28.6 Å². The van der Waals surface area contributed by atoms with Crippen molar-refractivity contribution in [3.63, 3.8) is 0 Å². The third-order valence-electron chi connectivity index (χ3n) is 11.6. The summed E-state index contributed by atoms with van der Waals surface area (Å²) in [5, 5.41) is 0. The third kappa shape index (κ3) is 48.5. The van der Waals surface area contributed by atoms with Crippen LogP contribution in [0.2, 0.25) is 0 Å². The van der Waals surface area contributed by atoms with Crippen LogP contribution in [-0.2, 0) is 28.6 Å². The van der Waals surface area contributed by atoms with E-state index in [2.05, 4.69) is 57.2 Å². The van der Waals surface area contributed by atoms with Gasteiger partial charge in [0.15, 0.2) is 6.10 Å². The van der Waals surface area contributed by atoms with E-state index in [1.807, 2.05) is 0 Å². The van der Waals surface area contributed by atoms with Gasteiger partial charge in [0.25, 0.3) is 0 Å². The van der Waals surface area contributed by atoms with E-state index in [0.29, 0.717) is 19.3 Å². The first-order valence-corrected chi connectivity index (χ1v) is 26.5. The molecule has 0 aromatic carbocycles. The van der Waals surface area contributed by atoms with E-state index in [1.54, 1.807) is 0 Å². The Hall–Kier alpha value is -2.37. The van der Waals surface area contributed by atoms with Gasteiger partial charge >= 0.3 is 17.9 Å². The first-order chi connectivity index (χ1) is 30.0. The molecule has 0 amide bonds. The summed E-state index contributed by atoms with van der Waals surface area (Å²) in [5.41, 5.74) is 0. The van der Waals surface area contributed by atoms with Gasteiger partial charge < -0.3 is 14.2 Å². The molecule has 0 aromatic rings. The van der Waals surface area contributed by atoms with Crippen molar-refractivity contribution in [2.24, 2.45) is 0 Å². The summed E-state index contributed by atoms with van der Waals surface area (Å²) in [6, 6.07) is 0. The van der Waals surface area contributed by atoms with Crippen LogP contribution in [0.5, 0.6) is 0 Å². The summed E-state index contributed by atoms with van der Waals surface area (Å²) in [5.74, 6) is -0.881. The molecule has 0 bridgehead atoms. The zero-order valence-corrected chi connectivity index (χ0v) is 40.7. The van der Waals surface area contributed by atoms with Gasteiger partial charge in [-0.05, 0) is 77.0 Å². The Morgan fingerprint density at radius 2 is 0.590 bits per heavy atom. The lowest BCUT2D eigenvalue weighted by Gasteiger charge is -2.18. The molecule has 1 unspecified atom stereocenters. The molecule has 0 spiro atoms. The molecule has 0 saturated carbocycles. The standard InChI is InChI=1S/C55H100O6/c1-4-7-10-13-16-19-21-23-25-27-29-30-32-34-36-39-42-45-48-54(57)60-51-52(50-59-53(56)47-44-41-38-18-15-12-9-6-3)61-55(58)49-46-43-40-37-35-33-31-28-26-24-22-20-17-14-11-8-5-2/h17,20,24-27,52H,4-16,18-19,21-23,28-51H2,1-3H3/b20-17-,26-24-,27-25-. The number of carbonyl (C=O) groups excluding carboxylic acids is 3. The fourth-order valence-electron chi connectivity index (χ4n) is 7.59. The maximum Gasteiger partial charge on any atom is 0.306 e. The van der Waals surface area contributed by atoms with Gasteiger partial charge in [-0.25, -0.2) is 0 Å². The summed E-state index contributed by atoms with van der Waals surface area (Å²) in [7, 11) is 0. The van der Waals surface area contributed by atoms with Crippen molar-refractivity contribution in [1.82, 2.24) is 0 Å². The number of esters is 3. The highest BCUT2D eigenvalue weighted by Gasteiger charge is 2.19. The molecule has 356 valence electrons. The molecule has 0 fully saturated rings. The minimum atomic E-state index is -0.773. The Kier molecular flexibility index (Phi) is 48.3. The highest BCUT2D eigenvalue weighted by Crippen LogP contribution is 2.15. The molecule has 6 nitrogen and oxygen atoms in total. The topological polar surface area (TPSA) is 78.9 Å². The lowest BCUT2D eigenvalue weighted by atomic mass is 10.1. The second-order valence-corrected chi connectivity index (χ2v) is 17.8. The second kappa shape index (κ2) is 50.3. The molecule has 0 N–H and O–H groups in total. The summed E-state index contributed by atoms with van der Waals surface area (Å²) in [4.78, 5) is 37.9. The third-order valence-corrected chi connectivity index (χ3v) is 11.6. The van der Waals surface area contributed by atoms with Gasteiger partial charge in [-0.1, -0.05) is 218 Å². The minimum absolute atomic E-state index is 0.0746. The molecule has 6 heteroatoms. The highest BCUT2D eigenvalue weighted by molar-refractivity contribution is 5.71. The van der Waals surface area contributed by atoms with E-state index in [1.165, 1.54) is 167 Å². The van der Waals surface area contributed by atoms with Crippen LogP contribution < -0.4 is 0 Å². The van der Waals surface area contributed by atoms with Crippen molar-refractivity contribution in [3.05, 3.63) is 36.5 Å². The molecule has 0 aliphatic heterocycles. The average molecular weight is 857 g/mol. The number of ether oxygens (including phenoxy) is 3. The lowest BCUT2D eigenvalue weighted by Crippen LogP contribution is -2.30. The number of rotatable bonds is 48. The molecule has 0 radical (unpaired) electrons. The number of hydrogen-bond donors (Lipinski definition) is 0. The maximum atomic E-state index is 12.8. The number of unbranched alkanes of at least 4 members (excludes halogenated alkanes) is 31. The molecular formula is C55H100O6. The smallest absolute Gasteiger partial charge is 0.306 e. The van der Waals surface area contributed by atoms with Crippen LogP contribution in [0.15, 0.2) is 36.5 Å². The molecule has 0 saturated heterocycles. The fourth-order valence-corrected chi connectivity index (χ4v) is 7.59. The predicted molar refractivity (Wildman–Crippen MR) is 261 cm³/mol. The molecule has 0 aromatic heterocycles. The van der Waals surface area contributed by atoms with Crippen LogP contribution in [-0.4, -0.2) is 37.2 Å². The first kappa shape index (κ1) is 58.6. The monoisotopic (exact) mass is 857 g/mol. The second-order valence-electron chi connectivity index (χ2n) is 17.8. The number of allylic oxidation sites excluding steroid dienone is 6. The fraction of sp³-hybridized carbons (Fsp3) is 0.836. The van der Waals surface area contributed by atoms with Gasteiger partial charge in [0, 0.05) is 19.3 Å². The van der Waals surface area contributed by atoms with Crippen molar-refractivity contribution in [2.75, 3.05) is 13.2 Å². The largest absolute Gasteiger partial charge is 0.462 e. The van der Waals surface area contributed by atoms with Crippen LogP contribution in [0.4, 0.5) is 0 Å². The van der Waals surface area contributed by atoms with Crippen LogP contribution in [0.3, 0.4) is 0 Å². The van der Waals surface area contributed by atoms with Crippen molar-refractivity contribution >= 4 is 17.9 Å². The Morgan fingerprint density at radius 3 is 0.951 bits per heavy atom. The lowest BCUT2D eigenvalue weighted by molar-refractivity contribution is -0.167. The Balaban J connectivity index is 4.28. The van der Waals surface area contributed by atoms with Crippen molar-refractivity contribution in [1.29, 1.82) is 0 Å². The summed E-state index contributed by atoms with van der Waals surface area (Å²) in [6.07, 6.45) is 58.5. The van der Waals surface area contributed by atoms with E-state index >= 15 is 0 Å². The summed E-state index contributed by atoms with van der Waals surface area (Å²) in [6.45, 7) is 6.59. The molecule has 61 heavy (non-hydrogen) atoms. The van der Waals surface area contributed by atoms with Crippen molar-refractivity contribution in [2.45, 2.75) is 284 Å². The zero-order chi connectivity index (χ0) is 44.4. The van der Waals surface area contributed by atoms with E-state index in [0.717, 1.165) is 70.6 Å². The Bertz CT molecular complexity index is 1030. The van der Waals surface area contributed by atoms with Gasteiger partial charge in [0.1, 0.15) is 13.2 Å². The molecular weight excluding hydrogens is 757 g/mol.